The maximum atomic E-state index is 14.4. The number of aromatic nitrogens is 2. The van der Waals surface area contributed by atoms with Crippen LogP contribution in [-0.4, -0.2) is 9.97 Å². The summed E-state index contributed by atoms with van der Waals surface area (Å²) in [4.78, 5) is 8.27. The van der Waals surface area contributed by atoms with Gasteiger partial charge in [-0.05, 0) is 29.7 Å². The Morgan fingerprint density at radius 3 is 2.95 bits per heavy atom. The maximum Gasteiger partial charge on any atom is 0.182 e. The third kappa shape index (κ3) is 1.51. The first-order chi connectivity index (χ1) is 9.84. The summed E-state index contributed by atoms with van der Waals surface area (Å²) in [5.41, 5.74) is 2.57. The Hall–Kier alpha value is -2.75. The predicted octanol–water partition coefficient (Wildman–Crippen LogP) is 4.18. The highest BCUT2D eigenvalue weighted by Crippen LogP contribution is 2.34. The number of nitrogens with zero attached hydrogens (tertiary/aromatic N) is 2. The van der Waals surface area contributed by atoms with E-state index in [9.17, 15) is 4.39 Å². The number of hydrogen-bond acceptors (Lipinski definition) is 3. The lowest BCUT2D eigenvalue weighted by molar-refractivity contribution is 0.602. The molecule has 0 saturated heterocycles. The van der Waals surface area contributed by atoms with E-state index in [1.807, 2.05) is 24.3 Å². The number of para-hydroxylation sites is 1. The highest BCUT2D eigenvalue weighted by molar-refractivity contribution is 6.02. The van der Waals surface area contributed by atoms with Crippen molar-refractivity contribution >= 4 is 21.9 Å². The molecule has 0 amide bonds. The number of halogens is 1. The van der Waals surface area contributed by atoms with E-state index in [0.717, 1.165) is 16.3 Å². The fourth-order valence-electron chi connectivity index (χ4n) is 2.50. The molecule has 96 valence electrons. The van der Waals surface area contributed by atoms with E-state index >= 15 is 0 Å². The number of hydrogen-bond donors (Lipinski definition) is 0. The first-order valence-corrected chi connectivity index (χ1v) is 6.19. The van der Waals surface area contributed by atoms with Crippen molar-refractivity contribution < 1.29 is 8.81 Å². The summed E-state index contributed by atoms with van der Waals surface area (Å²) < 4.78 is 19.6. The van der Waals surface area contributed by atoms with Gasteiger partial charge in [-0.15, -0.1) is 0 Å². The summed E-state index contributed by atoms with van der Waals surface area (Å²) in [6.45, 7) is 0. The van der Waals surface area contributed by atoms with Crippen LogP contribution >= 0.6 is 0 Å². The second-order valence-electron chi connectivity index (χ2n) is 4.52. The molecule has 0 saturated carbocycles. The van der Waals surface area contributed by atoms with Gasteiger partial charge in [0.05, 0.1) is 0 Å². The van der Waals surface area contributed by atoms with E-state index in [4.69, 9.17) is 4.42 Å². The Morgan fingerprint density at radius 2 is 2.00 bits per heavy atom. The quantitative estimate of drug-likeness (QED) is 0.517. The molecule has 0 aliphatic carbocycles. The van der Waals surface area contributed by atoms with Gasteiger partial charge in [0.2, 0.25) is 0 Å². The van der Waals surface area contributed by atoms with Gasteiger partial charge < -0.3 is 4.42 Å². The molecule has 0 spiro atoms. The van der Waals surface area contributed by atoms with Crippen molar-refractivity contribution in [1.82, 2.24) is 9.97 Å². The number of rotatable bonds is 1. The molecule has 2 aromatic carbocycles. The molecule has 4 aromatic rings. The van der Waals surface area contributed by atoms with Crippen molar-refractivity contribution in [2.75, 3.05) is 0 Å². The van der Waals surface area contributed by atoms with E-state index in [0.29, 0.717) is 16.7 Å². The lowest BCUT2D eigenvalue weighted by Gasteiger charge is -2.08. The van der Waals surface area contributed by atoms with Gasteiger partial charge in [0, 0.05) is 28.9 Å². The highest BCUT2D eigenvalue weighted by Gasteiger charge is 2.14. The Kier molecular flexibility index (Phi) is 2.29. The van der Waals surface area contributed by atoms with Gasteiger partial charge >= 0.3 is 0 Å². The SMILES string of the molecule is Fc1ccc2cnccc2c1-c1cccc2ocnc12. The topological polar surface area (TPSA) is 38.9 Å². The lowest BCUT2D eigenvalue weighted by Crippen LogP contribution is -1.89. The minimum atomic E-state index is -0.279. The minimum Gasteiger partial charge on any atom is -0.443 e. The van der Waals surface area contributed by atoms with E-state index in [1.54, 1.807) is 18.5 Å². The van der Waals surface area contributed by atoms with Crippen LogP contribution in [0.15, 0.2) is 59.6 Å². The fraction of sp³-hybridized carbons (Fsp3) is 0. The monoisotopic (exact) mass is 264 g/mol. The van der Waals surface area contributed by atoms with Gasteiger partial charge in [-0.1, -0.05) is 12.1 Å². The Bertz CT molecular complexity index is 930. The van der Waals surface area contributed by atoms with E-state index in [2.05, 4.69) is 9.97 Å². The molecule has 3 nitrogen and oxygen atoms in total. The molecule has 0 bridgehead atoms. The summed E-state index contributed by atoms with van der Waals surface area (Å²) in [6, 6.07) is 10.5. The van der Waals surface area contributed by atoms with Crippen molar-refractivity contribution in [2.45, 2.75) is 0 Å². The van der Waals surface area contributed by atoms with Crippen molar-refractivity contribution in [1.29, 1.82) is 0 Å². The summed E-state index contributed by atoms with van der Waals surface area (Å²) in [7, 11) is 0. The summed E-state index contributed by atoms with van der Waals surface area (Å²) >= 11 is 0. The van der Waals surface area contributed by atoms with Gasteiger partial charge in [0.25, 0.3) is 0 Å². The second-order valence-corrected chi connectivity index (χ2v) is 4.52. The molecule has 0 N–H and O–H groups in total. The van der Waals surface area contributed by atoms with Crippen LogP contribution in [0.25, 0.3) is 33.0 Å². The van der Waals surface area contributed by atoms with Gasteiger partial charge in [0.1, 0.15) is 11.3 Å². The molecular weight excluding hydrogens is 255 g/mol. The number of benzene rings is 2. The lowest BCUT2D eigenvalue weighted by atomic mass is 9.98. The van der Waals surface area contributed by atoms with Gasteiger partial charge in [-0.25, -0.2) is 9.37 Å². The molecule has 0 aliphatic rings. The summed E-state index contributed by atoms with van der Waals surface area (Å²) in [5, 5.41) is 1.71. The third-order valence-corrected chi connectivity index (χ3v) is 3.40. The Balaban J connectivity index is 2.17. The molecule has 2 aromatic heterocycles. The molecule has 0 aliphatic heterocycles. The van der Waals surface area contributed by atoms with Crippen LogP contribution in [0, 0.1) is 5.82 Å². The molecule has 4 rings (SSSR count). The van der Waals surface area contributed by atoms with Gasteiger partial charge in [-0.2, -0.15) is 0 Å². The zero-order valence-corrected chi connectivity index (χ0v) is 10.4. The van der Waals surface area contributed by atoms with Crippen LogP contribution in [0.2, 0.25) is 0 Å². The molecule has 0 unspecified atom stereocenters. The van der Waals surface area contributed by atoms with Crippen LogP contribution < -0.4 is 0 Å². The van der Waals surface area contributed by atoms with E-state index in [-0.39, 0.29) is 5.82 Å². The molecule has 0 atom stereocenters. The van der Waals surface area contributed by atoms with E-state index in [1.165, 1.54) is 12.5 Å². The van der Waals surface area contributed by atoms with Gasteiger partial charge in [0.15, 0.2) is 12.0 Å². The Labute approximate surface area is 113 Å². The first-order valence-electron chi connectivity index (χ1n) is 6.19. The van der Waals surface area contributed by atoms with Gasteiger partial charge in [-0.3, -0.25) is 4.98 Å². The summed E-state index contributed by atoms with van der Waals surface area (Å²) in [5.74, 6) is -0.279. The molecule has 0 radical (unpaired) electrons. The highest BCUT2D eigenvalue weighted by atomic mass is 19.1. The van der Waals surface area contributed by atoms with E-state index < -0.39 is 0 Å². The molecule has 4 heteroatoms. The van der Waals surface area contributed by atoms with Crippen LogP contribution in [0.5, 0.6) is 0 Å². The average Bonchev–Trinajstić information content (AvgIpc) is 2.96. The standard InChI is InChI=1S/C16H9FN2O/c17-13-5-4-10-8-18-7-6-11(10)15(13)12-2-1-3-14-16(12)19-9-20-14/h1-9H. The van der Waals surface area contributed by atoms with Crippen LogP contribution in [0.1, 0.15) is 0 Å². The summed E-state index contributed by atoms with van der Waals surface area (Å²) in [6.07, 6.45) is 4.76. The maximum absolute atomic E-state index is 14.4. The van der Waals surface area contributed by atoms with Crippen molar-refractivity contribution in [3.63, 3.8) is 0 Å². The van der Waals surface area contributed by atoms with Crippen LogP contribution in [-0.2, 0) is 0 Å². The Morgan fingerprint density at radius 1 is 1.05 bits per heavy atom. The zero-order chi connectivity index (χ0) is 13.5. The smallest absolute Gasteiger partial charge is 0.182 e. The number of pyridine rings is 1. The normalized spacial score (nSPS) is 11.2. The number of fused-ring (bicyclic) bond motifs is 2. The molecule has 20 heavy (non-hydrogen) atoms. The average molecular weight is 264 g/mol. The largest absolute Gasteiger partial charge is 0.443 e. The molecular formula is C16H9FN2O. The van der Waals surface area contributed by atoms with Crippen molar-refractivity contribution in [3.8, 4) is 11.1 Å². The van der Waals surface area contributed by atoms with Crippen LogP contribution in [0.3, 0.4) is 0 Å². The third-order valence-electron chi connectivity index (χ3n) is 3.40. The molecule has 2 heterocycles. The first kappa shape index (κ1) is 11.1. The van der Waals surface area contributed by atoms with Crippen molar-refractivity contribution in [2.24, 2.45) is 0 Å². The number of oxazole rings is 1. The fourth-order valence-corrected chi connectivity index (χ4v) is 2.50. The second kappa shape index (κ2) is 4.13. The van der Waals surface area contributed by atoms with Crippen molar-refractivity contribution in [3.05, 3.63) is 61.0 Å². The molecule has 0 fully saturated rings. The predicted molar refractivity (Wildman–Crippen MR) is 74.7 cm³/mol. The van der Waals surface area contributed by atoms with Crippen LogP contribution in [0.4, 0.5) is 4.39 Å². The zero-order valence-electron chi connectivity index (χ0n) is 10.4. The minimum absolute atomic E-state index is 0.279.